The van der Waals surface area contributed by atoms with Crippen molar-refractivity contribution in [2.24, 2.45) is 10.2 Å². The summed E-state index contributed by atoms with van der Waals surface area (Å²) in [5.74, 6) is 0.758. The van der Waals surface area contributed by atoms with E-state index >= 15 is 0 Å². The molecule has 4 N–H and O–H groups in total. The molecule has 10 heteroatoms. The van der Waals surface area contributed by atoms with Crippen LogP contribution in [0.25, 0.3) is 10.8 Å². The maximum absolute atomic E-state index is 11.1. The first-order valence-electron chi connectivity index (χ1n) is 11.1. The van der Waals surface area contributed by atoms with Gasteiger partial charge in [0.25, 0.3) is 0 Å². The Kier molecular flexibility index (Phi) is 7.57. The molecule has 1 heterocycles. The van der Waals surface area contributed by atoms with Crippen LogP contribution in [0.4, 0.5) is 23.0 Å². The molecule has 0 radical (unpaired) electrons. The van der Waals surface area contributed by atoms with Crippen molar-refractivity contribution >= 4 is 58.0 Å². The lowest BCUT2D eigenvalue weighted by molar-refractivity contribution is -0.115. The van der Waals surface area contributed by atoms with E-state index < -0.39 is 0 Å². The molecule has 0 aliphatic rings. The number of hydrogen-bond acceptors (Lipinski definition) is 8. The van der Waals surface area contributed by atoms with Crippen LogP contribution in [0.3, 0.4) is 0 Å². The number of hydrogen-bond donors (Lipinski definition) is 4. The third-order valence-corrected chi connectivity index (χ3v) is 4.92. The number of carbonyl (C=O) groups excluding carboxylic acids is 2. The minimum absolute atomic E-state index is 0.121. The third kappa shape index (κ3) is 6.48. The molecule has 2 amide bonds. The molecule has 36 heavy (non-hydrogen) atoms. The Morgan fingerprint density at radius 1 is 0.639 bits per heavy atom. The summed E-state index contributed by atoms with van der Waals surface area (Å²) in [7, 11) is 0. The number of benzene rings is 3. The largest absolute Gasteiger partial charge is 0.326 e. The molecular weight excluding hydrogens is 456 g/mol. The number of hydrazone groups is 2. The lowest BCUT2D eigenvalue weighted by Crippen LogP contribution is -2.05. The van der Waals surface area contributed by atoms with Crippen LogP contribution in [-0.4, -0.2) is 34.4 Å². The molecule has 0 unspecified atom stereocenters. The molecule has 0 aliphatic carbocycles. The summed E-state index contributed by atoms with van der Waals surface area (Å²) < 4.78 is 0. The zero-order valence-electron chi connectivity index (χ0n) is 19.7. The number of aromatic nitrogens is 2. The van der Waals surface area contributed by atoms with Gasteiger partial charge in [0.05, 0.1) is 12.4 Å². The fourth-order valence-corrected chi connectivity index (χ4v) is 3.32. The number of fused-ring (bicyclic) bond motifs is 1. The van der Waals surface area contributed by atoms with Crippen LogP contribution < -0.4 is 21.5 Å². The van der Waals surface area contributed by atoms with Crippen molar-refractivity contribution in [3.63, 3.8) is 0 Å². The molecule has 0 bridgehead atoms. The Morgan fingerprint density at radius 2 is 1.03 bits per heavy atom. The van der Waals surface area contributed by atoms with Gasteiger partial charge in [-0.3, -0.25) is 20.4 Å². The summed E-state index contributed by atoms with van der Waals surface area (Å²) in [6, 6.07) is 22.2. The molecule has 4 aromatic rings. The molecule has 0 saturated heterocycles. The fraction of sp³-hybridized carbons (Fsp3) is 0.0769. The standard InChI is InChI=1S/C26H24N8O2/c1-17(35)29-21-11-7-19(8-12-21)15-27-31-25-23-5-3-4-6-24(23)26(34-33-25)32-28-16-20-9-13-22(14-10-20)30-18(2)36/h3-16H,1-2H3,(H,29,35)(H,30,36)(H,31,33)(H,32,34)/b27-15-,28-16-. The van der Waals surface area contributed by atoms with Crippen molar-refractivity contribution < 1.29 is 9.59 Å². The van der Waals surface area contributed by atoms with E-state index in [9.17, 15) is 9.59 Å². The Hall–Kier alpha value is -5.12. The van der Waals surface area contributed by atoms with Crippen molar-refractivity contribution in [3.05, 3.63) is 83.9 Å². The second-order valence-electron chi connectivity index (χ2n) is 7.79. The fourth-order valence-electron chi connectivity index (χ4n) is 3.32. The van der Waals surface area contributed by atoms with Gasteiger partial charge in [0.1, 0.15) is 0 Å². The van der Waals surface area contributed by atoms with E-state index in [0.29, 0.717) is 11.6 Å². The Balaban J connectivity index is 1.44. The van der Waals surface area contributed by atoms with E-state index in [2.05, 4.69) is 41.9 Å². The minimum Gasteiger partial charge on any atom is -0.326 e. The van der Waals surface area contributed by atoms with Crippen LogP contribution in [0.1, 0.15) is 25.0 Å². The second-order valence-corrected chi connectivity index (χ2v) is 7.79. The molecule has 0 saturated carbocycles. The van der Waals surface area contributed by atoms with E-state index in [1.54, 1.807) is 36.7 Å². The second kappa shape index (κ2) is 11.3. The highest BCUT2D eigenvalue weighted by atomic mass is 16.2. The van der Waals surface area contributed by atoms with Gasteiger partial charge < -0.3 is 10.6 Å². The molecule has 10 nitrogen and oxygen atoms in total. The van der Waals surface area contributed by atoms with Crippen molar-refractivity contribution in [1.82, 2.24) is 10.2 Å². The van der Waals surface area contributed by atoms with Crippen molar-refractivity contribution in [2.45, 2.75) is 13.8 Å². The summed E-state index contributed by atoms with van der Waals surface area (Å²) >= 11 is 0. The molecule has 0 aliphatic heterocycles. The average Bonchev–Trinajstić information content (AvgIpc) is 2.86. The highest BCUT2D eigenvalue weighted by Gasteiger charge is 2.08. The molecule has 0 atom stereocenters. The van der Waals surface area contributed by atoms with E-state index in [-0.39, 0.29) is 11.8 Å². The first kappa shape index (κ1) is 24.0. The van der Waals surface area contributed by atoms with Crippen LogP contribution in [-0.2, 0) is 9.59 Å². The van der Waals surface area contributed by atoms with Gasteiger partial charge in [-0.15, -0.1) is 10.2 Å². The number of nitrogens with zero attached hydrogens (tertiary/aromatic N) is 4. The zero-order valence-corrected chi connectivity index (χ0v) is 19.7. The first-order valence-corrected chi connectivity index (χ1v) is 11.1. The van der Waals surface area contributed by atoms with Gasteiger partial charge in [-0.1, -0.05) is 48.5 Å². The summed E-state index contributed by atoms with van der Waals surface area (Å²) in [6.07, 6.45) is 3.31. The van der Waals surface area contributed by atoms with E-state index in [4.69, 9.17) is 0 Å². The van der Waals surface area contributed by atoms with Gasteiger partial charge in [0.2, 0.25) is 11.8 Å². The van der Waals surface area contributed by atoms with Crippen molar-refractivity contribution in [2.75, 3.05) is 21.5 Å². The normalized spacial score (nSPS) is 11.1. The highest BCUT2D eigenvalue weighted by Crippen LogP contribution is 2.26. The molecule has 180 valence electrons. The predicted octanol–water partition coefficient (Wildman–Crippen LogP) is 4.44. The maximum atomic E-state index is 11.1. The van der Waals surface area contributed by atoms with Gasteiger partial charge in [-0.25, -0.2) is 0 Å². The van der Waals surface area contributed by atoms with Gasteiger partial charge in [-0.05, 0) is 35.4 Å². The van der Waals surface area contributed by atoms with Crippen LogP contribution >= 0.6 is 0 Å². The lowest BCUT2D eigenvalue weighted by atomic mass is 10.2. The highest BCUT2D eigenvalue weighted by molar-refractivity contribution is 5.98. The number of rotatable bonds is 8. The summed E-state index contributed by atoms with van der Waals surface area (Å²) in [4.78, 5) is 22.3. The van der Waals surface area contributed by atoms with Crippen LogP contribution in [0.5, 0.6) is 0 Å². The molecule has 3 aromatic carbocycles. The van der Waals surface area contributed by atoms with Crippen molar-refractivity contribution in [3.8, 4) is 0 Å². The predicted molar refractivity (Wildman–Crippen MR) is 143 cm³/mol. The number of nitrogens with one attached hydrogen (secondary N) is 4. The molecule has 4 rings (SSSR count). The quantitative estimate of drug-likeness (QED) is 0.218. The molecule has 0 spiro atoms. The van der Waals surface area contributed by atoms with Gasteiger partial charge in [-0.2, -0.15) is 10.2 Å². The summed E-state index contributed by atoms with van der Waals surface area (Å²) in [5.41, 5.74) is 9.03. The SMILES string of the molecule is CC(=O)Nc1ccc(/C=N\Nc2nnc(N/N=C\c3ccc(NC(C)=O)cc3)c3ccccc23)cc1. The first-order chi connectivity index (χ1) is 17.5. The maximum Gasteiger partial charge on any atom is 0.221 e. The Morgan fingerprint density at radius 3 is 1.39 bits per heavy atom. The molecule has 0 fully saturated rings. The monoisotopic (exact) mass is 480 g/mol. The average molecular weight is 481 g/mol. The van der Waals surface area contributed by atoms with E-state index in [1.165, 1.54) is 13.8 Å². The van der Waals surface area contributed by atoms with Gasteiger partial charge in [0.15, 0.2) is 11.6 Å². The Bertz CT molecular complexity index is 1320. The summed E-state index contributed by atoms with van der Waals surface area (Å²) in [5, 5.41) is 24.1. The number of amides is 2. The van der Waals surface area contributed by atoms with Crippen molar-refractivity contribution in [1.29, 1.82) is 0 Å². The van der Waals surface area contributed by atoms with E-state index in [1.807, 2.05) is 48.5 Å². The van der Waals surface area contributed by atoms with Crippen LogP contribution in [0, 0.1) is 0 Å². The zero-order chi connectivity index (χ0) is 25.3. The van der Waals surface area contributed by atoms with Gasteiger partial charge >= 0.3 is 0 Å². The molecular formula is C26H24N8O2. The lowest BCUT2D eigenvalue weighted by Gasteiger charge is -2.08. The van der Waals surface area contributed by atoms with Crippen LogP contribution in [0.15, 0.2) is 83.0 Å². The van der Waals surface area contributed by atoms with Gasteiger partial charge in [0, 0.05) is 36.0 Å². The topological polar surface area (TPSA) is 133 Å². The number of anilines is 4. The number of carbonyl (C=O) groups is 2. The van der Waals surface area contributed by atoms with E-state index in [0.717, 1.165) is 33.3 Å². The van der Waals surface area contributed by atoms with Crippen LogP contribution in [0.2, 0.25) is 0 Å². The summed E-state index contributed by atoms with van der Waals surface area (Å²) in [6.45, 7) is 2.93. The Labute approximate surface area is 207 Å². The minimum atomic E-state index is -0.121. The molecule has 1 aromatic heterocycles. The third-order valence-electron chi connectivity index (χ3n) is 4.92. The smallest absolute Gasteiger partial charge is 0.221 e.